The van der Waals surface area contributed by atoms with Gasteiger partial charge in [-0.05, 0) is 44.6 Å². The van der Waals surface area contributed by atoms with Crippen molar-refractivity contribution in [1.82, 2.24) is 10.0 Å². The minimum atomic E-state index is -3.48. The summed E-state index contributed by atoms with van der Waals surface area (Å²) in [7, 11) is -2.11. The lowest BCUT2D eigenvalue weighted by Crippen LogP contribution is -2.27. The van der Waals surface area contributed by atoms with E-state index in [1.807, 2.05) is 6.92 Å². The van der Waals surface area contributed by atoms with Crippen LogP contribution in [0, 0.1) is 0 Å². The van der Waals surface area contributed by atoms with Crippen molar-refractivity contribution < 1.29 is 13.2 Å². The zero-order valence-corrected chi connectivity index (χ0v) is 12.5. The lowest BCUT2D eigenvalue weighted by atomic mass is 10.1. The van der Waals surface area contributed by atoms with E-state index in [2.05, 4.69) is 10.0 Å². The molecule has 0 radical (unpaired) electrons. The van der Waals surface area contributed by atoms with E-state index in [9.17, 15) is 13.2 Å². The van der Waals surface area contributed by atoms with Crippen LogP contribution in [0.2, 0.25) is 0 Å². The number of benzene rings is 1. The molecule has 1 amide bonds. The average Bonchev–Trinajstić information content (AvgIpc) is 2.45. The number of carbonyl (C=O) groups excluding carboxylic acids is 1. The molecule has 7 heteroatoms. The summed E-state index contributed by atoms with van der Waals surface area (Å²) in [5.41, 5.74) is 6.09. The van der Waals surface area contributed by atoms with Crippen LogP contribution in [0.25, 0.3) is 0 Å². The number of nitrogens with two attached hydrogens (primary N) is 1. The van der Waals surface area contributed by atoms with Gasteiger partial charge >= 0.3 is 0 Å². The Morgan fingerprint density at radius 2 is 2.10 bits per heavy atom. The van der Waals surface area contributed by atoms with Gasteiger partial charge in [0.2, 0.25) is 15.9 Å². The number of rotatable bonds is 7. The number of sulfonamides is 1. The maximum atomic E-state index is 11.7. The summed E-state index contributed by atoms with van der Waals surface area (Å²) in [6.45, 7) is 2.28. The molecule has 0 aliphatic rings. The Kier molecular flexibility index (Phi) is 6.12. The van der Waals surface area contributed by atoms with Crippen LogP contribution in [0.1, 0.15) is 31.4 Å². The molecule has 1 aromatic rings. The normalized spacial score (nSPS) is 12.9. The van der Waals surface area contributed by atoms with E-state index in [4.69, 9.17) is 5.73 Å². The number of hydrogen-bond acceptors (Lipinski definition) is 4. The fourth-order valence-corrected chi connectivity index (χ4v) is 2.51. The second-order valence-corrected chi connectivity index (χ2v) is 6.35. The number of hydrogen-bond donors (Lipinski definition) is 3. The summed E-state index contributed by atoms with van der Waals surface area (Å²) < 4.78 is 25.7. The molecule has 0 fully saturated rings. The third kappa shape index (κ3) is 4.59. The Morgan fingerprint density at radius 3 is 2.70 bits per heavy atom. The molecule has 0 heterocycles. The van der Waals surface area contributed by atoms with Gasteiger partial charge in [0.05, 0.1) is 10.9 Å². The van der Waals surface area contributed by atoms with Crippen LogP contribution < -0.4 is 15.8 Å². The largest absolute Gasteiger partial charge is 0.350 e. The molecule has 20 heavy (non-hydrogen) atoms. The first-order valence-corrected chi connectivity index (χ1v) is 7.92. The van der Waals surface area contributed by atoms with E-state index >= 15 is 0 Å². The topological polar surface area (TPSA) is 101 Å². The van der Waals surface area contributed by atoms with Crippen molar-refractivity contribution in [2.45, 2.75) is 30.7 Å². The first kappa shape index (κ1) is 16.6. The Labute approximate surface area is 119 Å². The maximum absolute atomic E-state index is 11.7. The van der Waals surface area contributed by atoms with Crippen LogP contribution in [0.4, 0.5) is 0 Å². The molecule has 1 atom stereocenters. The quantitative estimate of drug-likeness (QED) is 0.683. The van der Waals surface area contributed by atoms with Crippen molar-refractivity contribution in [2.75, 3.05) is 13.6 Å². The summed E-state index contributed by atoms with van der Waals surface area (Å²) in [6.07, 6.45) is 1.00. The van der Waals surface area contributed by atoms with Gasteiger partial charge in [-0.15, -0.1) is 0 Å². The number of nitrogens with one attached hydrogen (secondary N) is 2. The highest BCUT2D eigenvalue weighted by Crippen LogP contribution is 2.17. The minimum Gasteiger partial charge on any atom is -0.350 e. The number of amides is 1. The zero-order valence-electron chi connectivity index (χ0n) is 11.7. The highest BCUT2D eigenvalue weighted by molar-refractivity contribution is 7.89. The van der Waals surface area contributed by atoms with Gasteiger partial charge in [-0.2, -0.15) is 0 Å². The summed E-state index contributed by atoms with van der Waals surface area (Å²) in [4.78, 5) is 11.8. The third-order valence-corrected chi connectivity index (χ3v) is 4.33. The molecule has 0 saturated heterocycles. The first-order valence-electron chi connectivity index (χ1n) is 6.43. The van der Waals surface area contributed by atoms with Crippen LogP contribution in [0.5, 0.6) is 0 Å². The molecule has 0 aliphatic heterocycles. The van der Waals surface area contributed by atoms with E-state index < -0.39 is 10.0 Å². The summed E-state index contributed by atoms with van der Waals surface area (Å²) in [5, 5.41) is 2.82. The van der Waals surface area contributed by atoms with Crippen LogP contribution >= 0.6 is 0 Å². The van der Waals surface area contributed by atoms with Crippen molar-refractivity contribution in [3.63, 3.8) is 0 Å². The van der Waals surface area contributed by atoms with E-state index in [0.717, 1.165) is 5.56 Å². The molecule has 4 N–H and O–H groups in total. The Bertz CT molecular complexity index is 558. The van der Waals surface area contributed by atoms with Crippen molar-refractivity contribution in [3.8, 4) is 0 Å². The molecular formula is C13H21N3O3S. The van der Waals surface area contributed by atoms with Gasteiger partial charge in [0.15, 0.2) is 0 Å². The smallest absolute Gasteiger partial charge is 0.240 e. The zero-order chi connectivity index (χ0) is 15.2. The molecule has 112 valence electrons. The Morgan fingerprint density at radius 1 is 1.40 bits per heavy atom. The van der Waals surface area contributed by atoms with Gasteiger partial charge in [-0.3, -0.25) is 4.79 Å². The van der Waals surface area contributed by atoms with E-state index in [1.165, 1.54) is 13.1 Å². The maximum Gasteiger partial charge on any atom is 0.240 e. The summed E-state index contributed by atoms with van der Waals surface area (Å²) in [5.74, 6) is -0.0928. The average molecular weight is 299 g/mol. The highest BCUT2D eigenvalue weighted by atomic mass is 32.2. The monoisotopic (exact) mass is 299 g/mol. The second kappa shape index (κ2) is 7.37. The Balaban J connectivity index is 2.82. The predicted molar refractivity (Wildman–Crippen MR) is 77.5 cm³/mol. The van der Waals surface area contributed by atoms with Crippen LogP contribution in [-0.4, -0.2) is 27.9 Å². The molecule has 1 unspecified atom stereocenters. The molecular weight excluding hydrogens is 278 g/mol. The number of carbonyl (C=O) groups is 1. The van der Waals surface area contributed by atoms with Gasteiger partial charge in [-0.25, -0.2) is 13.1 Å². The predicted octanol–water partition coefficient (Wildman–Crippen LogP) is 0.511. The molecule has 0 aliphatic carbocycles. The molecule has 0 bridgehead atoms. The van der Waals surface area contributed by atoms with Crippen LogP contribution in [0.15, 0.2) is 29.2 Å². The van der Waals surface area contributed by atoms with Gasteiger partial charge in [-0.1, -0.05) is 12.1 Å². The van der Waals surface area contributed by atoms with E-state index in [-0.39, 0.29) is 16.8 Å². The van der Waals surface area contributed by atoms with Gasteiger partial charge in [0.1, 0.15) is 0 Å². The fourth-order valence-electron chi connectivity index (χ4n) is 1.73. The second-order valence-electron chi connectivity index (χ2n) is 4.46. The fraction of sp³-hybridized carbons (Fsp3) is 0.462. The highest BCUT2D eigenvalue weighted by Gasteiger charge is 2.14. The molecule has 0 aromatic heterocycles. The lowest BCUT2D eigenvalue weighted by molar-refractivity contribution is -0.121. The van der Waals surface area contributed by atoms with Crippen LogP contribution in [-0.2, 0) is 14.8 Å². The summed E-state index contributed by atoms with van der Waals surface area (Å²) >= 11 is 0. The van der Waals surface area contributed by atoms with Crippen molar-refractivity contribution in [1.29, 1.82) is 0 Å². The molecule has 1 aromatic carbocycles. The third-order valence-electron chi connectivity index (χ3n) is 2.92. The molecule has 0 spiro atoms. The van der Waals surface area contributed by atoms with Crippen LogP contribution in [0.3, 0.4) is 0 Å². The van der Waals surface area contributed by atoms with Crippen molar-refractivity contribution in [3.05, 3.63) is 29.8 Å². The van der Waals surface area contributed by atoms with Crippen molar-refractivity contribution in [2.24, 2.45) is 5.73 Å². The van der Waals surface area contributed by atoms with Gasteiger partial charge in [0, 0.05) is 6.42 Å². The minimum absolute atomic E-state index is 0.0928. The Hall–Kier alpha value is -1.44. The van der Waals surface area contributed by atoms with E-state index in [1.54, 1.807) is 18.2 Å². The SMILES string of the molecule is CNS(=O)(=O)c1cccc(C(C)NC(=O)CCCN)c1. The van der Waals surface area contributed by atoms with Gasteiger partial charge < -0.3 is 11.1 Å². The lowest BCUT2D eigenvalue weighted by Gasteiger charge is -2.15. The molecule has 1 rings (SSSR count). The van der Waals surface area contributed by atoms with Gasteiger partial charge in [0.25, 0.3) is 0 Å². The van der Waals surface area contributed by atoms with E-state index in [0.29, 0.717) is 19.4 Å². The molecule has 6 nitrogen and oxygen atoms in total. The molecule has 0 saturated carbocycles. The summed E-state index contributed by atoms with van der Waals surface area (Å²) in [6, 6.07) is 6.25. The van der Waals surface area contributed by atoms with Crippen molar-refractivity contribution >= 4 is 15.9 Å². The standard InChI is InChI=1S/C13H21N3O3S/c1-10(16-13(17)7-4-8-14)11-5-3-6-12(9-11)20(18,19)15-2/h3,5-6,9-10,15H,4,7-8,14H2,1-2H3,(H,16,17). The first-order chi connectivity index (χ1) is 9.40.